The van der Waals surface area contributed by atoms with Gasteiger partial charge in [0.2, 0.25) is 0 Å². The van der Waals surface area contributed by atoms with Gasteiger partial charge in [-0.3, -0.25) is 0 Å². The van der Waals surface area contributed by atoms with Crippen molar-refractivity contribution in [2.24, 2.45) is 0 Å². The molecular weight excluding hydrogens is 246 g/mol. The van der Waals surface area contributed by atoms with E-state index in [0.717, 1.165) is 6.07 Å². The highest BCUT2D eigenvalue weighted by molar-refractivity contribution is 6.31. The minimum atomic E-state index is -0.608. The molecular formula is C12H9ClF2N2. The molecule has 2 aromatic rings. The molecule has 0 aliphatic rings. The third kappa shape index (κ3) is 2.47. The van der Waals surface area contributed by atoms with Crippen LogP contribution in [0.3, 0.4) is 0 Å². The van der Waals surface area contributed by atoms with E-state index in [4.69, 9.17) is 17.3 Å². The molecule has 3 N–H and O–H groups in total. The first-order chi connectivity index (χ1) is 8.08. The molecule has 0 spiro atoms. The highest BCUT2D eigenvalue weighted by Crippen LogP contribution is 2.29. The second-order valence-electron chi connectivity index (χ2n) is 3.46. The van der Waals surface area contributed by atoms with Crippen LogP contribution >= 0.6 is 11.6 Å². The average Bonchev–Trinajstić information content (AvgIpc) is 2.29. The van der Waals surface area contributed by atoms with Gasteiger partial charge in [-0.05, 0) is 18.2 Å². The average molecular weight is 255 g/mol. The summed E-state index contributed by atoms with van der Waals surface area (Å²) >= 11 is 5.63. The third-order valence-electron chi connectivity index (χ3n) is 2.24. The lowest BCUT2D eigenvalue weighted by molar-refractivity contribution is 0.629. The van der Waals surface area contributed by atoms with E-state index >= 15 is 0 Å². The van der Waals surface area contributed by atoms with E-state index < -0.39 is 11.6 Å². The van der Waals surface area contributed by atoms with Gasteiger partial charge in [0.1, 0.15) is 11.6 Å². The molecule has 0 fully saturated rings. The number of halogens is 3. The van der Waals surface area contributed by atoms with Crippen molar-refractivity contribution in [2.75, 3.05) is 11.1 Å². The molecule has 2 nitrogen and oxygen atoms in total. The summed E-state index contributed by atoms with van der Waals surface area (Å²) < 4.78 is 26.4. The van der Waals surface area contributed by atoms with Crippen LogP contribution in [0, 0.1) is 11.6 Å². The molecule has 0 bridgehead atoms. The lowest BCUT2D eigenvalue weighted by atomic mass is 10.2. The van der Waals surface area contributed by atoms with Crippen molar-refractivity contribution < 1.29 is 8.78 Å². The Kier molecular flexibility index (Phi) is 3.15. The molecule has 0 amide bonds. The number of benzene rings is 2. The minimum Gasteiger partial charge on any atom is -0.397 e. The monoisotopic (exact) mass is 254 g/mol. The van der Waals surface area contributed by atoms with Crippen molar-refractivity contribution in [3.05, 3.63) is 53.1 Å². The number of para-hydroxylation sites is 1. The molecule has 17 heavy (non-hydrogen) atoms. The Balaban J connectivity index is 2.37. The van der Waals surface area contributed by atoms with Gasteiger partial charge in [0.25, 0.3) is 0 Å². The number of anilines is 3. The van der Waals surface area contributed by atoms with E-state index in [2.05, 4.69) is 5.32 Å². The summed E-state index contributed by atoms with van der Waals surface area (Å²) in [6.07, 6.45) is 0. The first-order valence-electron chi connectivity index (χ1n) is 4.84. The first kappa shape index (κ1) is 11.7. The normalized spacial score (nSPS) is 10.3. The number of nitrogen functional groups attached to an aromatic ring is 1. The molecule has 0 unspecified atom stereocenters. The van der Waals surface area contributed by atoms with Gasteiger partial charge in [-0.25, -0.2) is 8.78 Å². The standard InChI is InChI=1S/C12H9ClF2N2/c13-7-5-12(10(16)6-9(7)15)17-11-4-2-1-3-8(11)14/h1-6,17H,16H2. The molecule has 0 radical (unpaired) electrons. The predicted molar refractivity (Wildman–Crippen MR) is 65.5 cm³/mol. The fraction of sp³-hybridized carbons (Fsp3) is 0. The SMILES string of the molecule is Nc1cc(F)c(Cl)cc1Nc1ccccc1F. The molecule has 0 saturated heterocycles. The highest BCUT2D eigenvalue weighted by Gasteiger charge is 2.08. The lowest BCUT2D eigenvalue weighted by Gasteiger charge is -2.10. The van der Waals surface area contributed by atoms with E-state index in [-0.39, 0.29) is 16.4 Å². The summed E-state index contributed by atoms with van der Waals surface area (Å²) in [7, 11) is 0. The molecule has 2 rings (SSSR count). The van der Waals surface area contributed by atoms with Crippen molar-refractivity contribution in [1.29, 1.82) is 0 Å². The van der Waals surface area contributed by atoms with Crippen molar-refractivity contribution >= 4 is 28.7 Å². The maximum atomic E-state index is 13.4. The van der Waals surface area contributed by atoms with Crippen molar-refractivity contribution in [1.82, 2.24) is 0 Å². The molecule has 0 saturated carbocycles. The molecule has 0 heterocycles. The number of nitrogens with two attached hydrogens (primary N) is 1. The summed E-state index contributed by atoms with van der Waals surface area (Å²) in [5.74, 6) is -1.03. The van der Waals surface area contributed by atoms with Gasteiger partial charge < -0.3 is 11.1 Å². The van der Waals surface area contributed by atoms with Crippen LogP contribution in [-0.4, -0.2) is 0 Å². The van der Waals surface area contributed by atoms with Gasteiger partial charge >= 0.3 is 0 Å². The second-order valence-corrected chi connectivity index (χ2v) is 3.87. The Hall–Kier alpha value is -1.81. The Morgan fingerprint density at radius 1 is 1.00 bits per heavy atom. The number of nitrogens with one attached hydrogen (secondary N) is 1. The molecule has 2 aromatic carbocycles. The van der Waals surface area contributed by atoms with Crippen LogP contribution in [0.4, 0.5) is 25.8 Å². The third-order valence-corrected chi connectivity index (χ3v) is 2.53. The van der Waals surface area contributed by atoms with E-state index in [1.165, 1.54) is 12.1 Å². The van der Waals surface area contributed by atoms with Gasteiger partial charge in [-0.15, -0.1) is 0 Å². The quantitative estimate of drug-likeness (QED) is 0.797. The molecule has 88 valence electrons. The zero-order valence-electron chi connectivity index (χ0n) is 8.68. The number of rotatable bonds is 2. The first-order valence-corrected chi connectivity index (χ1v) is 5.22. The zero-order chi connectivity index (χ0) is 12.4. The van der Waals surface area contributed by atoms with Crippen LogP contribution in [0.15, 0.2) is 36.4 Å². The van der Waals surface area contributed by atoms with Crippen LogP contribution in [-0.2, 0) is 0 Å². The topological polar surface area (TPSA) is 38.0 Å². The molecule has 0 aliphatic carbocycles. The zero-order valence-corrected chi connectivity index (χ0v) is 9.43. The summed E-state index contributed by atoms with van der Waals surface area (Å²) in [6, 6.07) is 8.51. The minimum absolute atomic E-state index is 0.0713. The molecule has 0 aromatic heterocycles. The Morgan fingerprint density at radius 2 is 1.71 bits per heavy atom. The maximum absolute atomic E-state index is 13.4. The van der Waals surface area contributed by atoms with Crippen LogP contribution < -0.4 is 11.1 Å². The van der Waals surface area contributed by atoms with Gasteiger partial charge in [0.05, 0.1) is 22.1 Å². The lowest BCUT2D eigenvalue weighted by Crippen LogP contribution is -1.99. The van der Waals surface area contributed by atoms with Crippen molar-refractivity contribution in [2.45, 2.75) is 0 Å². The predicted octanol–water partition coefficient (Wildman–Crippen LogP) is 3.94. The second kappa shape index (κ2) is 4.59. The maximum Gasteiger partial charge on any atom is 0.146 e. The molecule has 0 aliphatic heterocycles. The van der Waals surface area contributed by atoms with E-state index in [1.807, 2.05) is 0 Å². The molecule has 5 heteroatoms. The van der Waals surface area contributed by atoms with E-state index in [9.17, 15) is 8.78 Å². The van der Waals surface area contributed by atoms with Gasteiger partial charge in [0.15, 0.2) is 0 Å². The van der Waals surface area contributed by atoms with Gasteiger partial charge in [0, 0.05) is 6.07 Å². The summed E-state index contributed by atoms with van der Waals surface area (Å²) in [5, 5.41) is 2.69. The van der Waals surface area contributed by atoms with Crippen molar-refractivity contribution in [3.63, 3.8) is 0 Å². The summed E-state index contributed by atoms with van der Waals surface area (Å²) in [5.41, 5.74) is 6.38. The van der Waals surface area contributed by atoms with Crippen LogP contribution in [0.1, 0.15) is 0 Å². The van der Waals surface area contributed by atoms with Crippen molar-refractivity contribution in [3.8, 4) is 0 Å². The Labute approximate surface area is 102 Å². The largest absolute Gasteiger partial charge is 0.397 e. The summed E-state index contributed by atoms with van der Waals surface area (Å²) in [6.45, 7) is 0. The van der Waals surface area contributed by atoms with Crippen LogP contribution in [0.2, 0.25) is 5.02 Å². The van der Waals surface area contributed by atoms with E-state index in [1.54, 1.807) is 18.2 Å². The van der Waals surface area contributed by atoms with Crippen LogP contribution in [0.5, 0.6) is 0 Å². The van der Waals surface area contributed by atoms with Gasteiger partial charge in [-0.2, -0.15) is 0 Å². The summed E-state index contributed by atoms with van der Waals surface area (Å²) in [4.78, 5) is 0. The number of hydrogen-bond donors (Lipinski definition) is 2. The molecule has 0 atom stereocenters. The fourth-order valence-corrected chi connectivity index (χ4v) is 1.54. The highest BCUT2D eigenvalue weighted by atomic mass is 35.5. The number of hydrogen-bond acceptors (Lipinski definition) is 2. The Bertz CT molecular complexity index is 558. The smallest absolute Gasteiger partial charge is 0.146 e. The fourth-order valence-electron chi connectivity index (χ4n) is 1.38. The van der Waals surface area contributed by atoms with Gasteiger partial charge in [-0.1, -0.05) is 23.7 Å². The van der Waals surface area contributed by atoms with Crippen LogP contribution in [0.25, 0.3) is 0 Å². The van der Waals surface area contributed by atoms with E-state index in [0.29, 0.717) is 5.69 Å². The Morgan fingerprint density at radius 3 is 2.41 bits per heavy atom.